The third-order valence-corrected chi connectivity index (χ3v) is 9.05. The lowest BCUT2D eigenvalue weighted by Gasteiger charge is -2.28. The minimum atomic E-state index is -0.915. The highest BCUT2D eigenvalue weighted by molar-refractivity contribution is 9.10. The summed E-state index contributed by atoms with van der Waals surface area (Å²) in [6.07, 6.45) is 1.71. The number of fused-ring (bicyclic) bond motifs is 2. The zero-order chi connectivity index (χ0) is 31.0. The molecule has 0 amide bonds. The maximum atomic E-state index is 14.4. The predicted octanol–water partition coefficient (Wildman–Crippen LogP) is 5.57. The van der Waals surface area contributed by atoms with Gasteiger partial charge in [-0.15, -0.1) is 0 Å². The van der Waals surface area contributed by atoms with Gasteiger partial charge in [0.2, 0.25) is 0 Å². The molecule has 0 saturated heterocycles. The minimum absolute atomic E-state index is 0.0346. The molecule has 0 bridgehead atoms. The zero-order valence-electron chi connectivity index (χ0n) is 24.0. The predicted molar refractivity (Wildman–Crippen MR) is 174 cm³/mol. The highest BCUT2D eigenvalue weighted by atomic mass is 79.9. The van der Waals surface area contributed by atoms with Crippen LogP contribution in [0.4, 0.5) is 0 Å². The van der Waals surface area contributed by atoms with Crippen molar-refractivity contribution in [3.05, 3.63) is 125 Å². The number of phenolic OH excluding ortho intramolecular Hbond substituents is 1. The molecule has 44 heavy (non-hydrogen) atoms. The topological polar surface area (TPSA) is 99.4 Å². The number of thiazole rings is 1. The Labute approximate surface area is 264 Å². The van der Waals surface area contributed by atoms with Gasteiger partial charge < -0.3 is 19.3 Å². The number of phenols is 1. The fraction of sp³-hybridized carbons (Fsp3) is 0.147. The van der Waals surface area contributed by atoms with Crippen LogP contribution in [0.5, 0.6) is 17.2 Å². The molecule has 0 aliphatic carbocycles. The van der Waals surface area contributed by atoms with Gasteiger partial charge in [-0.05, 0) is 47.5 Å². The number of carbonyl (C=O) groups is 1. The van der Waals surface area contributed by atoms with Crippen molar-refractivity contribution in [2.75, 3.05) is 20.8 Å². The van der Waals surface area contributed by atoms with E-state index in [0.29, 0.717) is 41.9 Å². The van der Waals surface area contributed by atoms with E-state index in [1.54, 1.807) is 30.7 Å². The van der Waals surface area contributed by atoms with Crippen LogP contribution in [0.1, 0.15) is 29.7 Å². The summed E-state index contributed by atoms with van der Waals surface area (Å²) in [6.45, 7) is 1.89. The maximum absolute atomic E-state index is 14.4. The van der Waals surface area contributed by atoms with Crippen LogP contribution in [0.25, 0.3) is 22.5 Å². The number of nitrogens with zero attached hydrogens (tertiary/aromatic N) is 2. The van der Waals surface area contributed by atoms with Crippen molar-refractivity contribution in [3.63, 3.8) is 0 Å². The van der Waals surface area contributed by atoms with E-state index in [1.807, 2.05) is 66.7 Å². The summed E-state index contributed by atoms with van der Waals surface area (Å²) >= 11 is 4.69. The van der Waals surface area contributed by atoms with Gasteiger partial charge in [0.25, 0.3) is 5.56 Å². The number of aromatic nitrogens is 1. The Balaban J connectivity index is 1.74. The van der Waals surface area contributed by atoms with Crippen molar-refractivity contribution in [2.24, 2.45) is 4.99 Å². The Morgan fingerprint density at radius 3 is 2.48 bits per heavy atom. The molecule has 222 valence electrons. The molecule has 0 unspecified atom stereocenters. The van der Waals surface area contributed by atoms with E-state index in [4.69, 9.17) is 19.2 Å². The van der Waals surface area contributed by atoms with Crippen LogP contribution in [-0.2, 0) is 9.53 Å². The molecule has 6 rings (SSSR count). The van der Waals surface area contributed by atoms with Gasteiger partial charge in [0.15, 0.2) is 16.3 Å². The molecule has 1 atom stereocenters. The lowest BCUT2D eigenvalue weighted by molar-refractivity contribution is -0.138. The maximum Gasteiger partial charge on any atom is 0.338 e. The van der Waals surface area contributed by atoms with Crippen molar-refractivity contribution >= 4 is 55.8 Å². The summed E-state index contributed by atoms with van der Waals surface area (Å²) in [4.78, 5) is 33.7. The van der Waals surface area contributed by atoms with Crippen molar-refractivity contribution < 1.29 is 24.1 Å². The van der Waals surface area contributed by atoms with Crippen molar-refractivity contribution in [2.45, 2.75) is 13.0 Å². The largest absolute Gasteiger partial charge is 0.504 e. The number of ether oxygens (including phenoxy) is 3. The summed E-state index contributed by atoms with van der Waals surface area (Å²) in [6, 6.07) is 23.2. The molecule has 1 N–H and O–H groups in total. The number of halogens is 1. The Hall–Kier alpha value is -4.67. The second-order valence-electron chi connectivity index (χ2n) is 9.88. The van der Waals surface area contributed by atoms with Gasteiger partial charge in [-0.2, -0.15) is 0 Å². The first kappa shape index (κ1) is 29.4. The van der Waals surface area contributed by atoms with E-state index >= 15 is 0 Å². The van der Waals surface area contributed by atoms with Crippen LogP contribution < -0.4 is 24.4 Å². The van der Waals surface area contributed by atoms with Crippen LogP contribution in [0, 0.1) is 0 Å². The molecule has 0 saturated carbocycles. The molecule has 0 radical (unpaired) electrons. The number of rotatable bonds is 7. The normalized spacial score (nSPS) is 14.7. The number of benzene rings is 4. The highest BCUT2D eigenvalue weighted by Gasteiger charge is 2.37. The van der Waals surface area contributed by atoms with E-state index < -0.39 is 12.0 Å². The second-order valence-corrected chi connectivity index (χ2v) is 11.7. The number of hydrogen-bond donors (Lipinski definition) is 1. The molecule has 2 heterocycles. The van der Waals surface area contributed by atoms with Gasteiger partial charge >= 0.3 is 5.97 Å². The second kappa shape index (κ2) is 12.1. The van der Waals surface area contributed by atoms with E-state index in [1.165, 1.54) is 24.5 Å². The number of hydrogen-bond acceptors (Lipinski definition) is 8. The van der Waals surface area contributed by atoms with Crippen LogP contribution in [0.2, 0.25) is 0 Å². The highest BCUT2D eigenvalue weighted by Crippen LogP contribution is 2.42. The fourth-order valence-electron chi connectivity index (χ4n) is 5.42. The lowest BCUT2D eigenvalue weighted by atomic mass is 9.89. The molecule has 4 aromatic carbocycles. The molecule has 1 aromatic heterocycles. The summed E-state index contributed by atoms with van der Waals surface area (Å²) in [5, 5.41) is 12.0. The Bertz CT molecular complexity index is 2140. The fourth-order valence-corrected chi connectivity index (χ4v) is 6.86. The van der Waals surface area contributed by atoms with Crippen molar-refractivity contribution in [3.8, 4) is 17.2 Å². The van der Waals surface area contributed by atoms with Crippen LogP contribution >= 0.6 is 27.3 Å². The lowest BCUT2D eigenvalue weighted by Crippen LogP contribution is -2.40. The monoisotopic (exact) mass is 670 g/mol. The van der Waals surface area contributed by atoms with Gasteiger partial charge in [0, 0.05) is 15.6 Å². The minimum Gasteiger partial charge on any atom is -0.504 e. The van der Waals surface area contributed by atoms with E-state index in [9.17, 15) is 14.7 Å². The molecule has 5 aromatic rings. The van der Waals surface area contributed by atoms with Crippen LogP contribution in [0.3, 0.4) is 0 Å². The standard InChI is InChI=1S/C34H27BrN2O6S/c1-4-43-33(40)29-30(20-11-6-5-7-12-20)36-34-37(31(29)28-22-13-9-8-10-19(22)14-15-25(28)41-2)32(39)27(44-34)17-21-16-26(42-3)24(38)18-23(21)35/h5-18,31,38H,4H2,1-3H3/b27-17+/t31-/m0/s1. The Morgan fingerprint density at radius 1 is 1.02 bits per heavy atom. The molecular weight excluding hydrogens is 644 g/mol. The van der Waals surface area contributed by atoms with Crippen molar-refractivity contribution in [1.29, 1.82) is 0 Å². The summed E-state index contributed by atoms with van der Waals surface area (Å²) < 4.78 is 19.3. The van der Waals surface area contributed by atoms with E-state index in [-0.39, 0.29) is 29.2 Å². The summed E-state index contributed by atoms with van der Waals surface area (Å²) in [5.41, 5.74) is 2.29. The quantitative estimate of drug-likeness (QED) is 0.227. The number of methoxy groups -OCH3 is 2. The Kier molecular flexibility index (Phi) is 8.11. The first-order valence-corrected chi connectivity index (χ1v) is 15.4. The smallest absolute Gasteiger partial charge is 0.338 e. The molecule has 8 nitrogen and oxygen atoms in total. The third-order valence-electron chi connectivity index (χ3n) is 7.38. The third kappa shape index (κ3) is 5.10. The van der Waals surface area contributed by atoms with Gasteiger partial charge in [-0.1, -0.05) is 87.9 Å². The summed E-state index contributed by atoms with van der Waals surface area (Å²) in [5.74, 6) is 0.176. The first-order chi connectivity index (χ1) is 21.4. The van der Waals surface area contributed by atoms with Crippen molar-refractivity contribution in [1.82, 2.24) is 4.57 Å². The Morgan fingerprint density at radius 2 is 1.75 bits per heavy atom. The number of carbonyl (C=O) groups excluding carboxylic acids is 1. The van der Waals surface area contributed by atoms with Gasteiger partial charge in [-0.3, -0.25) is 9.36 Å². The van der Waals surface area contributed by atoms with Gasteiger partial charge in [-0.25, -0.2) is 9.79 Å². The molecule has 1 aliphatic heterocycles. The average Bonchev–Trinajstić information content (AvgIpc) is 3.35. The molecule has 1 aliphatic rings. The molecular formula is C34H27BrN2O6S. The SMILES string of the molecule is CCOC(=O)C1=C(c2ccccc2)N=c2s/c(=C/c3cc(OC)c(O)cc3Br)c(=O)n2[C@H]1c1c(OC)ccc2ccccc12. The number of esters is 1. The molecule has 10 heteroatoms. The molecule has 0 fully saturated rings. The molecule has 0 spiro atoms. The van der Waals surface area contributed by atoms with Crippen LogP contribution in [0.15, 0.2) is 98.7 Å². The van der Waals surface area contributed by atoms with E-state index in [2.05, 4.69) is 15.9 Å². The number of aromatic hydroxyl groups is 1. The average molecular weight is 672 g/mol. The summed E-state index contributed by atoms with van der Waals surface area (Å²) in [7, 11) is 3.03. The van der Waals surface area contributed by atoms with E-state index in [0.717, 1.165) is 10.8 Å². The zero-order valence-corrected chi connectivity index (χ0v) is 26.4. The van der Waals surface area contributed by atoms with Gasteiger partial charge in [0.05, 0.1) is 36.6 Å². The van der Waals surface area contributed by atoms with Gasteiger partial charge in [0.1, 0.15) is 11.8 Å². The van der Waals surface area contributed by atoms with Crippen LogP contribution in [-0.4, -0.2) is 36.5 Å². The first-order valence-electron chi connectivity index (χ1n) is 13.8.